The lowest BCUT2D eigenvalue weighted by Crippen LogP contribution is -2.33. The van der Waals surface area contributed by atoms with Crippen molar-refractivity contribution in [2.75, 3.05) is 19.3 Å². The zero-order valence-corrected chi connectivity index (χ0v) is 17.3. The van der Waals surface area contributed by atoms with Crippen molar-refractivity contribution in [1.29, 1.82) is 0 Å². The third-order valence-corrected chi connectivity index (χ3v) is 6.01. The van der Waals surface area contributed by atoms with Gasteiger partial charge in [-0.2, -0.15) is 0 Å². The summed E-state index contributed by atoms with van der Waals surface area (Å²) in [7, 11) is -1.54. The molecule has 3 N–H and O–H groups in total. The van der Waals surface area contributed by atoms with Gasteiger partial charge in [-0.1, -0.05) is 38.1 Å². The average Bonchev–Trinajstić information content (AvgIpc) is 2.64. The van der Waals surface area contributed by atoms with Gasteiger partial charge in [-0.05, 0) is 47.9 Å². The van der Waals surface area contributed by atoms with Gasteiger partial charge in [0.2, 0.25) is 15.9 Å². The van der Waals surface area contributed by atoms with Crippen LogP contribution in [0.2, 0.25) is 0 Å². The van der Waals surface area contributed by atoms with Gasteiger partial charge in [-0.3, -0.25) is 15.8 Å². The van der Waals surface area contributed by atoms with E-state index in [-0.39, 0.29) is 18.1 Å². The van der Waals surface area contributed by atoms with Crippen LogP contribution in [0.4, 0.5) is 0 Å². The molecule has 0 aromatic heterocycles. The van der Waals surface area contributed by atoms with Crippen molar-refractivity contribution in [3.05, 3.63) is 42.0 Å². The first-order valence-corrected chi connectivity index (χ1v) is 11.0. The summed E-state index contributed by atoms with van der Waals surface area (Å²) in [5.41, 5.74) is 8.12. The van der Waals surface area contributed by atoms with E-state index < -0.39 is 22.2 Å². The van der Waals surface area contributed by atoms with E-state index in [2.05, 4.69) is 10.0 Å². The molecule has 28 heavy (non-hydrogen) atoms. The molecular weight excluding hydrogens is 378 g/mol. The van der Waals surface area contributed by atoms with E-state index in [1.165, 1.54) is 0 Å². The second kappa shape index (κ2) is 9.86. The van der Waals surface area contributed by atoms with E-state index in [0.717, 1.165) is 16.3 Å². The summed E-state index contributed by atoms with van der Waals surface area (Å²) in [6.45, 7) is 4.19. The summed E-state index contributed by atoms with van der Waals surface area (Å²) in [6, 6.07) is 11.6. The number of hydrogen-bond donors (Lipinski definition) is 2. The number of hydrogen-bond acceptors (Lipinski definition) is 5. The van der Waals surface area contributed by atoms with Crippen molar-refractivity contribution in [1.82, 2.24) is 15.8 Å². The molecule has 0 aliphatic heterocycles. The number of carbonyl (C=O) groups excluding carboxylic acids is 1. The van der Waals surface area contributed by atoms with Crippen LogP contribution in [0, 0.1) is 0 Å². The van der Waals surface area contributed by atoms with Gasteiger partial charge in [0.1, 0.15) is 5.75 Å². The second-order valence-corrected chi connectivity index (χ2v) is 8.79. The fraction of sp³-hybridized carbons (Fsp3) is 0.450. The normalized spacial score (nSPS) is 14.0. The van der Waals surface area contributed by atoms with E-state index >= 15 is 0 Å². The van der Waals surface area contributed by atoms with Crippen LogP contribution in [0.25, 0.3) is 10.8 Å². The Morgan fingerprint density at radius 1 is 1.18 bits per heavy atom. The molecule has 0 spiro atoms. The maximum absolute atomic E-state index is 11.8. The fourth-order valence-electron chi connectivity index (χ4n) is 2.87. The molecule has 2 aromatic rings. The van der Waals surface area contributed by atoms with Gasteiger partial charge in [0.15, 0.2) is 6.23 Å². The molecule has 0 aliphatic carbocycles. The molecule has 0 heterocycles. The van der Waals surface area contributed by atoms with Gasteiger partial charge >= 0.3 is 0 Å². The van der Waals surface area contributed by atoms with E-state index in [9.17, 15) is 13.2 Å². The SMILES string of the molecule is CCCS(=O)(=O)NCC(C)c1ccc2cc(OC(CC([NH])=O)NC)ccc2c1. The molecule has 0 aliphatic rings. The minimum Gasteiger partial charge on any atom is -0.475 e. The van der Waals surface area contributed by atoms with Crippen molar-refractivity contribution in [2.45, 2.75) is 38.8 Å². The van der Waals surface area contributed by atoms with Crippen LogP contribution in [-0.4, -0.2) is 39.9 Å². The van der Waals surface area contributed by atoms with Gasteiger partial charge < -0.3 is 4.74 Å². The average molecular weight is 407 g/mol. The summed E-state index contributed by atoms with van der Waals surface area (Å²) in [5.74, 6) is 0.109. The number of benzene rings is 2. The molecule has 8 heteroatoms. The summed E-state index contributed by atoms with van der Waals surface area (Å²) < 4.78 is 32.1. The number of sulfonamides is 1. The van der Waals surface area contributed by atoms with Crippen molar-refractivity contribution in [2.24, 2.45) is 0 Å². The molecule has 0 fully saturated rings. The van der Waals surface area contributed by atoms with Crippen molar-refractivity contribution < 1.29 is 17.9 Å². The minimum absolute atomic E-state index is 0.0288. The van der Waals surface area contributed by atoms with Crippen LogP contribution in [0.15, 0.2) is 36.4 Å². The number of ether oxygens (including phenoxy) is 1. The maximum Gasteiger partial charge on any atom is 0.243 e. The smallest absolute Gasteiger partial charge is 0.243 e. The largest absolute Gasteiger partial charge is 0.475 e. The Hall–Kier alpha value is -2.16. The molecule has 1 amide bonds. The van der Waals surface area contributed by atoms with Crippen LogP contribution in [0.3, 0.4) is 0 Å². The van der Waals surface area contributed by atoms with E-state index in [0.29, 0.717) is 18.7 Å². The highest BCUT2D eigenvalue weighted by molar-refractivity contribution is 7.89. The van der Waals surface area contributed by atoms with Crippen molar-refractivity contribution >= 4 is 26.7 Å². The lowest BCUT2D eigenvalue weighted by atomic mass is 9.98. The van der Waals surface area contributed by atoms with Crippen LogP contribution in [-0.2, 0) is 14.8 Å². The Balaban J connectivity index is 2.10. The Kier molecular flexibility index (Phi) is 7.79. The number of carbonyl (C=O) groups is 1. The summed E-state index contributed by atoms with van der Waals surface area (Å²) >= 11 is 0. The highest BCUT2D eigenvalue weighted by atomic mass is 32.2. The highest BCUT2D eigenvalue weighted by Gasteiger charge is 2.14. The van der Waals surface area contributed by atoms with Gasteiger partial charge in [-0.15, -0.1) is 0 Å². The quantitative estimate of drug-likeness (QED) is 0.557. The van der Waals surface area contributed by atoms with Crippen LogP contribution in [0.5, 0.6) is 5.75 Å². The molecule has 2 unspecified atom stereocenters. The molecule has 0 saturated carbocycles. The first-order chi connectivity index (χ1) is 13.2. The summed E-state index contributed by atoms with van der Waals surface area (Å²) in [5, 5.41) is 4.87. The fourth-order valence-corrected chi connectivity index (χ4v) is 4.05. The number of rotatable bonds is 11. The first kappa shape index (κ1) is 22.1. The first-order valence-electron chi connectivity index (χ1n) is 9.33. The maximum atomic E-state index is 11.8. The molecule has 7 nitrogen and oxygen atoms in total. The standard InChI is InChI=1S/C20H28N3O4S/c1-4-9-28(25,26)23-13-14(2)15-5-6-17-11-18(8-7-16(17)10-15)27-20(22-3)12-19(21)24/h5-8,10-11,14,20-23H,4,9,12-13H2,1-3H3. The topological polar surface area (TPSA) is 108 Å². The Labute approximate surface area is 166 Å². The summed E-state index contributed by atoms with van der Waals surface area (Å²) in [4.78, 5) is 11.0. The van der Waals surface area contributed by atoms with Crippen LogP contribution < -0.4 is 20.5 Å². The molecule has 2 atom stereocenters. The predicted molar refractivity (Wildman–Crippen MR) is 111 cm³/mol. The number of nitrogens with one attached hydrogen (secondary N) is 3. The summed E-state index contributed by atoms with van der Waals surface area (Å²) in [6.07, 6.45) is 0.0193. The highest BCUT2D eigenvalue weighted by Crippen LogP contribution is 2.25. The lowest BCUT2D eigenvalue weighted by Gasteiger charge is -2.17. The lowest BCUT2D eigenvalue weighted by molar-refractivity contribution is -0.120. The molecule has 153 valence electrons. The van der Waals surface area contributed by atoms with Gasteiger partial charge in [-0.25, -0.2) is 13.1 Å². The van der Waals surface area contributed by atoms with Crippen molar-refractivity contribution in [3.63, 3.8) is 0 Å². The molecule has 0 bridgehead atoms. The van der Waals surface area contributed by atoms with Gasteiger partial charge in [0.25, 0.3) is 0 Å². The third kappa shape index (κ3) is 6.47. The molecule has 0 saturated heterocycles. The van der Waals surface area contributed by atoms with E-state index in [1.807, 2.05) is 50.2 Å². The molecule has 2 aromatic carbocycles. The van der Waals surface area contributed by atoms with E-state index in [4.69, 9.17) is 10.5 Å². The predicted octanol–water partition coefficient (Wildman–Crippen LogP) is 2.40. The number of fused-ring (bicyclic) bond motifs is 1. The Bertz CT molecular complexity index is 915. The zero-order chi connectivity index (χ0) is 20.7. The molecule has 1 radical (unpaired) electrons. The van der Waals surface area contributed by atoms with E-state index in [1.54, 1.807) is 7.05 Å². The second-order valence-electron chi connectivity index (χ2n) is 6.86. The minimum atomic E-state index is -3.22. The zero-order valence-electron chi connectivity index (χ0n) is 16.5. The van der Waals surface area contributed by atoms with Gasteiger partial charge in [0.05, 0.1) is 12.2 Å². The Morgan fingerprint density at radius 2 is 1.86 bits per heavy atom. The van der Waals surface area contributed by atoms with Crippen LogP contribution in [0.1, 0.15) is 38.2 Å². The van der Waals surface area contributed by atoms with Crippen molar-refractivity contribution in [3.8, 4) is 5.75 Å². The molecular formula is C20H28N3O4S. The monoisotopic (exact) mass is 406 g/mol. The number of amides is 1. The Morgan fingerprint density at radius 3 is 2.50 bits per heavy atom. The van der Waals surface area contributed by atoms with Crippen LogP contribution >= 0.6 is 0 Å². The third-order valence-electron chi connectivity index (χ3n) is 4.46. The van der Waals surface area contributed by atoms with Gasteiger partial charge in [0, 0.05) is 6.54 Å². The molecule has 2 rings (SSSR count).